The third-order valence-electron chi connectivity index (χ3n) is 3.68. The number of halogens is 3. The Morgan fingerprint density at radius 3 is 2.37 bits per heavy atom. The topological polar surface area (TPSA) is 113 Å². The molecule has 0 aromatic heterocycles. The summed E-state index contributed by atoms with van der Waals surface area (Å²) < 4.78 is 66.5. The molecule has 0 bridgehead atoms. The maximum absolute atomic E-state index is 11.9. The van der Waals surface area contributed by atoms with Crippen LogP contribution in [0.25, 0.3) is 0 Å². The van der Waals surface area contributed by atoms with Crippen LogP contribution in [0, 0.1) is 0 Å². The van der Waals surface area contributed by atoms with E-state index in [0.717, 1.165) is 12.8 Å². The minimum atomic E-state index is -4.29. The van der Waals surface area contributed by atoms with Crippen LogP contribution in [0.5, 0.6) is 0 Å². The highest BCUT2D eigenvalue weighted by atomic mass is 32.2. The Morgan fingerprint density at radius 1 is 1.07 bits per heavy atom. The van der Waals surface area contributed by atoms with Crippen LogP contribution in [-0.4, -0.2) is 62.4 Å². The van der Waals surface area contributed by atoms with Gasteiger partial charge in [0.1, 0.15) is 0 Å². The van der Waals surface area contributed by atoms with Gasteiger partial charge in [-0.3, -0.25) is 4.79 Å². The zero-order valence-corrected chi connectivity index (χ0v) is 16.2. The van der Waals surface area contributed by atoms with Crippen LogP contribution in [0.4, 0.5) is 13.2 Å². The lowest BCUT2D eigenvalue weighted by atomic mass is 10.1. The number of carboxylic acid groups (broad SMARTS) is 1. The smallest absolute Gasteiger partial charge is 0.391 e. The second kappa shape index (κ2) is 14.1. The summed E-state index contributed by atoms with van der Waals surface area (Å²) in [6.45, 7) is -0.413. The van der Waals surface area contributed by atoms with Crippen LogP contribution in [0.2, 0.25) is 0 Å². The second-order valence-corrected chi connectivity index (χ2v) is 8.29. The van der Waals surface area contributed by atoms with Gasteiger partial charge in [-0.15, -0.1) is 0 Å². The van der Waals surface area contributed by atoms with E-state index in [4.69, 9.17) is 9.84 Å². The molecule has 0 aromatic rings. The number of rotatable bonds is 17. The van der Waals surface area contributed by atoms with Crippen molar-refractivity contribution >= 4 is 16.0 Å². The number of aliphatic hydroxyl groups is 1. The molecule has 0 aliphatic carbocycles. The summed E-state index contributed by atoms with van der Waals surface area (Å²) >= 11 is 0. The Morgan fingerprint density at radius 2 is 1.74 bits per heavy atom. The lowest BCUT2D eigenvalue weighted by Crippen LogP contribution is -2.27. The van der Waals surface area contributed by atoms with Gasteiger partial charge in [0.25, 0.3) is 0 Å². The number of aliphatic carboxylic acids is 1. The number of alkyl halides is 3. The molecule has 1 atom stereocenters. The molecule has 0 fully saturated rings. The van der Waals surface area contributed by atoms with Gasteiger partial charge >= 0.3 is 12.1 Å². The van der Waals surface area contributed by atoms with E-state index < -0.39 is 41.3 Å². The minimum Gasteiger partial charge on any atom is -0.481 e. The Bertz CT molecular complexity index is 499. The first-order valence-electron chi connectivity index (χ1n) is 9.03. The van der Waals surface area contributed by atoms with Crippen molar-refractivity contribution in [2.24, 2.45) is 0 Å². The number of carboxylic acids is 1. The standard InChI is InChI=1S/C16H30F3NO6S/c17-16(18,19)9-11-26-13-14(21)7-4-6-12-27(24,25)20-10-5-2-1-3-8-15(22)23/h14,20-21H,1-13H2,(H,22,23). The molecule has 0 amide bonds. The van der Waals surface area contributed by atoms with Gasteiger partial charge in [0.2, 0.25) is 10.0 Å². The van der Waals surface area contributed by atoms with Gasteiger partial charge in [0.15, 0.2) is 0 Å². The predicted molar refractivity (Wildman–Crippen MR) is 93.9 cm³/mol. The summed E-state index contributed by atoms with van der Waals surface area (Å²) in [6.07, 6.45) is -2.47. The zero-order valence-electron chi connectivity index (χ0n) is 15.3. The number of hydrogen-bond donors (Lipinski definition) is 3. The van der Waals surface area contributed by atoms with Gasteiger partial charge < -0.3 is 14.9 Å². The minimum absolute atomic E-state index is 0.0896. The van der Waals surface area contributed by atoms with E-state index >= 15 is 0 Å². The summed E-state index contributed by atoms with van der Waals surface area (Å²) in [4.78, 5) is 10.3. The summed E-state index contributed by atoms with van der Waals surface area (Å²) in [5, 5.41) is 18.1. The van der Waals surface area contributed by atoms with E-state index in [1.807, 2.05) is 0 Å². The van der Waals surface area contributed by atoms with E-state index in [1.165, 1.54) is 0 Å². The molecular formula is C16H30F3NO6S. The lowest BCUT2D eigenvalue weighted by Gasteiger charge is -2.12. The number of nitrogens with one attached hydrogen (secondary N) is 1. The predicted octanol–water partition coefficient (Wildman–Crippen LogP) is 2.44. The number of hydrogen-bond acceptors (Lipinski definition) is 5. The van der Waals surface area contributed by atoms with E-state index in [2.05, 4.69) is 4.72 Å². The average molecular weight is 421 g/mol. The summed E-state index contributed by atoms with van der Waals surface area (Å²) in [5.41, 5.74) is 0. The SMILES string of the molecule is O=C(O)CCCCCCNS(=O)(=O)CCCCC(O)COCCC(F)(F)F. The maximum atomic E-state index is 11.9. The molecule has 162 valence electrons. The molecule has 27 heavy (non-hydrogen) atoms. The zero-order chi connectivity index (χ0) is 20.8. The average Bonchev–Trinajstić information content (AvgIpc) is 2.53. The molecule has 0 spiro atoms. The first kappa shape index (κ1) is 26.1. The highest BCUT2D eigenvalue weighted by molar-refractivity contribution is 7.89. The van der Waals surface area contributed by atoms with E-state index in [1.54, 1.807) is 0 Å². The number of aliphatic hydroxyl groups excluding tert-OH is 1. The maximum Gasteiger partial charge on any atom is 0.391 e. The Labute approximate surface area is 158 Å². The summed E-state index contributed by atoms with van der Waals surface area (Å²) in [6, 6.07) is 0. The molecule has 0 saturated carbocycles. The second-order valence-electron chi connectivity index (χ2n) is 6.36. The van der Waals surface area contributed by atoms with E-state index in [-0.39, 0.29) is 25.2 Å². The van der Waals surface area contributed by atoms with Gasteiger partial charge in [-0.2, -0.15) is 13.2 Å². The fraction of sp³-hybridized carbons (Fsp3) is 0.938. The fourth-order valence-electron chi connectivity index (χ4n) is 2.22. The Hall–Kier alpha value is -0.910. The van der Waals surface area contributed by atoms with Gasteiger partial charge in [0, 0.05) is 13.0 Å². The molecule has 0 radical (unpaired) electrons. The molecule has 11 heteroatoms. The lowest BCUT2D eigenvalue weighted by molar-refractivity contribution is -0.147. The molecule has 0 heterocycles. The first-order chi connectivity index (χ1) is 12.5. The van der Waals surface area contributed by atoms with Crippen LogP contribution < -0.4 is 4.72 Å². The number of ether oxygens (including phenoxy) is 1. The van der Waals surface area contributed by atoms with Crippen molar-refractivity contribution in [3.05, 3.63) is 0 Å². The van der Waals surface area contributed by atoms with Crippen LogP contribution in [0.3, 0.4) is 0 Å². The van der Waals surface area contributed by atoms with Crippen LogP contribution >= 0.6 is 0 Å². The molecule has 0 rings (SSSR count). The molecule has 0 aliphatic heterocycles. The molecule has 0 saturated heterocycles. The molecule has 7 nitrogen and oxygen atoms in total. The van der Waals surface area contributed by atoms with Crippen molar-refractivity contribution in [1.82, 2.24) is 4.72 Å². The largest absolute Gasteiger partial charge is 0.481 e. The van der Waals surface area contributed by atoms with Gasteiger partial charge in [0.05, 0.1) is 31.5 Å². The van der Waals surface area contributed by atoms with E-state index in [0.29, 0.717) is 32.2 Å². The highest BCUT2D eigenvalue weighted by Gasteiger charge is 2.26. The molecule has 0 aromatic carbocycles. The monoisotopic (exact) mass is 421 g/mol. The Balaban J connectivity index is 3.61. The van der Waals surface area contributed by atoms with Crippen LogP contribution in [-0.2, 0) is 19.6 Å². The quantitative estimate of drug-likeness (QED) is 0.311. The summed E-state index contributed by atoms with van der Waals surface area (Å²) in [7, 11) is -3.40. The van der Waals surface area contributed by atoms with Gasteiger partial charge in [-0.1, -0.05) is 12.8 Å². The summed E-state index contributed by atoms with van der Waals surface area (Å²) in [5.74, 6) is -0.929. The van der Waals surface area contributed by atoms with Crippen molar-refractivity contribution in [3.8, 4) is 0 Å². The first-order valence-corrected chi connectivity index (χ1v) is 10.7. The third kappa shape index (κ3) is 19.7. The normalized spacial score (nSPS) is 13.6. The molecule has 3 N–H and O–H groups in total. The van der Waals surface area contributed by atoms with E-state index in [9.17, 15) is 31.5 Å². The van der Waals surface area contributed by atoms with Gasteiger partial charge in [-0.05, 0) is 32.1 Å². The van der Waals surface area contributed by atoms with Crippen molar-refractivity contribution < 1.29 is 41.3 Å². The fourth-order valence-corrected chi connectivity index (χ4v) is 3.40. The van der Waals surface area contributed by atoms with Crippen molar-refractivity contribution in [2.75, 3.05) is 25.5 Å². The van der Waals surface area contributed by atoms with Crippen molar-refractivity contribution in [3.63, 3.8) is 0 Å². The molecular weight excluding hydrogens is 391 g/mol. The molecule has 0 aliphatic rings. The van der Waals surface area contributed by atoms with Crippen molar-refractivity contribution in [2.45, 2.75) is 70.1 Å². The highest BCUT2D eigenvalue weighted by Crippen LogP contribution is 2.19. The van der Waals surface area contributed by atoms with Crippen LogP contribution in [0.15, 0.2) is 0 Å². The number of unbranched alkanes of at least 4 members (excludes halogenated alkanes) is 4. The number of carbonyl (C=O) groups is 1. The number of sulfonamides is 1. The van der Waals surface area contributed by atoms with Gasteiger partial charge in [-0.25, -0.2) is 13.1 Å². The molecule has 1 unspecified atom stereocenters. The third-order valence-corrected chi connectivity index (χ3v) is 5.15. The van der Waals surface area contributed by atoms with Crippen molar-refractivity contribution in [1.29, 1.82) is 0 Å². The Kier molecular flexibility index (Phi) is 13.7. The van der Waals surface area contributed by atoms with Crippen LogP contribution in [0.1, 0.15) is 57.8 Å².